The van der Waals surface area contributed by atoms with Crippen LogP contribution in [0.4, 0.5) is 0 Å². The van der Waals surface area contributed by atoms with Gasteiger partial charge in [0.1, 0.15) is 17.6 Å². The first-order valence-electron chi connectivity index (χ1n) is 9.92. The molecule has 0 saturated carbocycles. The van der Waals surface area contributed by atoms with Gasteiger partial charge in [-0.1, -0.05) is 18.2 Å². The fraction of sp³-hybridized carbons (Fsp3) is 0.167. The zero-order chi connectivity index (χ0) is 22.4. The van der Waals surface area contributed by atoms with Gasteiger partial charge in [-0.25, -0.2) is 0 Å². The second kappa shape index (κ2) is 7.72. The predicted octanol–water partition coefficient (Wildman–Crippen LogP) is 5.18. The van der Waals surface area contributed by atoms with Crippen LogP contribution >= 0.6 is 11.3 Å². The van der Waals surface area contributed by atoms with Crippen LogP contribution in [0.25, 0.3) is 11.0 Å². The summed E-state index contributed by atoms with van der Waals surface area (Å²) < 4.78 is 16.9. The highest BCUT2D eigenvalue weighted by Gasteiger charge is 2.46. The summed E-state index contributed by atoms with van der Waals surface area (Å²) in [7, 11) is 1.51. The third-order valence-corrected chi connectivity index (χ3v) is 6.30. The summed E-state index contributed by atoms with van der Waals surface area (Å²) in [5, 5.41) is 13.3. The van der Waals surface area contributed by atoms with Crippen molar-refractivity contribution in [2.75, 3.05) is 7.11 Å². The quantitative estimate of drug-likeness (QED) is 0.408. The van der Waals surface area contributed by atoms with Gasteiger partial charge in [-0.05, 0) is 42.6 Å². The zero-order valence-electron chi connectivity index (χ0n) is 17.3. The first-order chi connectivity index (χ1) is 15.5. The molecule has 5 rings (SSSR count). The number of aliphatic hydroxyl groups is 1. The van der Waals surface area contributed by atoms with Crippen LogP contribution in [0.3, 0.4) is 0 Å². The molecule has 4 aromatic rings. The van der Waals surface area contributed by atoms with Crippen LogP contribution < -0.4 is 4.74 Å². The highest BCUT2D eigenvalue weighted by molar-refractivity contribution is 7.09. The van der Waals surface area contributed by atoms with E-state index in [1.165, 1.54) is 23.3 Å². The van der Waals surface area contributed by atoms with Crippen LogP contribution in [-0.2, 0) is 11.3 Å². The van der Waals surface area contributed by atoms with E-state index in [-0.39, 0.29) is 17.9 Å². The molecule has 1 atom stereocenters. The van der Waals surface area contributed by atoms with E-state index < -0.39 is 23.5 Å². The Bertz CT molecular complexity index is 1360. The Labute approximate surface area is 187 Å². The number of ketones is 1. The molecule has 1 N–H and O–H groups in total. The maximum atomic E-state index is 13.5. The van der Waals surface area contributed by atoms with E-state index in [9.17, 15) is 14.7 Å². The monoisotopic (exact) mass is 449 g/mol. The molecule has 7 nitrogen and oxygen atoms in total. The Morgan fingerprint density at radius 1 is 1.19 bits per heavy atom. The zero-order valence-corrected chi connectivity index (χ0v) is 18.1. The molecule has 1 aliphatic heterocycles. The van der Waals surface area contributed by atoms with Crippen molar-refractivity contribution in [1.29, 1.82) is 0 Å². The SMILES string of the molecule is COc1cccc2cc(C(=O)C3=C(O)C(=O)N(Cc4cccs4)C3c3ccc(C)o3)oc12. The van der Waals surface area contributed by atoms with E-state index >= 15 is 0 Å². The number of methoxy groups -OCH3 is 1. The normalized spacial score (nSPS) is 16.4. The van der Waals surface area contributed by atoms with Crippen molar-refractivity contribution < 1.29 is 28.3 Å². The number of hydrogen-bond acceptors (Lipinski definition) is 7. The Kier molecular flexibility index (Phi) is 4.86. The lowest BCUT2D eigenvalue weighted by Gasteiger charge is -2.24. The van der Waals surface area contributed by atoms with Crippen LogP contribution in [0.15, 0.2) is 74.1 Å². The third kappa shape index (κ3) is 3.20. The number of para-hydroxylation sites is 1. The van der Waals surface area contributed by atoms with Crippen LogP contribution in [0.5, 0.6) is 5.75 Å². The fourth-order valence-corrected chi connectivity index (χ4v) is 4.66. The molecule has 1 unspecified atom stereocenters. The van der Waals surface area contributed by atoms with Crippen molar-refractivity contribution in [3.63, 3.8) is 0 Å². The van der Waals surface area contributed by atoms with E-state index in [1.54, 1.807) is 43.3 Å². The first kappa shape index (κ1) is 20.1. The van der Waals surface area contributed by atoms with Crippen LogP contribution in [0.1, 0.15) is 33.0 Å². The average Bonchev–Trinajstić information content (AvgIpc) is 3.57. The van der Waals surface area contributed by atoms with E-state index in [0.29, 0.717) is 28.2 Å². The average molecular weight is 449 g/mol. The van der Waals surface area contributed by atoms with Crippen LogP contribution in [0.2, 0.25) is 0 Å². The molecule has 0 aliphatic carbocycles. The van der Waals surface area contributed by atoms with Crippen molar-refractivity contribution in [3.05, 3.63) is 87.4 Å². The van der Waals surface area contributed by atoms with Crippen molar-refractivity contribution in [2.24, 2.45) is 0 Å². The maximum absolute atomic E-state index is 13.5. The van der Waals surface area contributed by atoms with Gasteiger partial charge in [-0.15, -0.1) is 11.3 Å². The molecule has 32 heavy (non-hydrogen) atoms. The minimum Gasteiger partial charge on any atom is -0.503 e. The Morgan fingerprint density at radius 3 is 2.72 bits per heavy atom. The lowest BCUT2D eigenvalue weighted by molar-refractivity contribution is -0.130. The summed E-state index contributed by atoms with van der Waals surface area (Å²) in [5.74, 6) is -0.289. The van der Waals surface area contributed by atoms with Crippen molar-refractivity contribution in [3.8, 4) is 5.75 Å². The number of aliphatic hydroxyl groups excluding tert-OH is 1. The van der Waals surface area contributed by atoms with Crippen LogP contribution in [0, 0.1) is 6.92 Å². The van der Waals surface area contributed by atoms with Crippen molar-refractivity contribution >= 4 is 34.0 Å². The number of carbonyl (C=O) groups is 2. The van der Waals surface area contributed by atoms with Gasteiger partial charge in [-0.2, -0.15) is 0 Å². The molecule has 0 saturated heterocycles. The minimum absolute atomic E-state index is 0.00472. The number of fused-ring (bicyclic) bond motifs is 1. The van der Waals surface area contributed by atoms with Crippen molar-refractivity contribution in [1.82, 2.24) is 4.90 Å². The molecule has 1 amide bonds. The molecular weight excluding hydrogens is 430 g/mol. The first-order valence-corrected chi connectivity index (χ1v) is 10.8. The molecule has 1 aliphatic rings. The molecule has 0 spiro atoms. The number of amides is 1. The molecule has 8 heteroatoms. The summed E-state index contributed by atoms with van der Waals surface area (Å²) in [4.78, 5) is 28.9. The second-order valence-corrected chi connectivity index (χ2v) is 8.48. The smallest absolute Gasteiger partial charge is 0.290 e. The van der Waals surface area contributed by atoms with E-state index in [1.807, 2.05) is 17.5 Å². The summed E-state index contributed by atoms with van der Waals surface area (Å²) in [5.41, 5.74) is 0.350. The van der Waals surface area contributed by atoms with Gasteiger partial charge in [0.2, 0.25) is 5.78 Å². The summed E-state index contributed by atoms with van der Waals surface area (Å²) in [6.07, 6.45) is 0. The fourth-order valence-electron chi connectivity index (χ4n) is 3.96. The standard InChI is InChI=1S/C24H19NO6S/c1-13-8-9-16(30-13)20-19(22(27)24(28)25(20)12-15-6-4-10-32-15)21(26)18-11-14-5-3-7-17(29-2)23(14)31-18/h3-11,20,27H,12H2,1-2H3. The number of nitrogens with zero attached hydrogens (tertiary/aromatic N) is 1. The number of hydrogen-bond donors (Lipinski definition) is 1. The van der Waals surface area contributed by atoms with E-state index in [4.69, 9.17) is 13.6 Å². The van der Waals surface area contributed by atoms with Gasteiger partial charge < -0.3 is 23.6 Å². The second-order valence-electron chi connectivity index (χ2n) is 7.44. The highest BCUT2D eigenvalue weighted by Crippen LogP contribution is 2.41. The number of ether oxygens (including phenoxy) is 1. The molecule has 4 heterocycles. The predicted molar refractivity (Wildman–Crippen MR) is 118 cm³/mol. The number of benzene rings is 1. The largest absolute Gasteiger partial charge is 0.503 e. The summed E-state index contributed by atoms with van der Waals surface area (Å²) >= 11 is 1.49. The van der Waals surface area contributed by atoms with Gasteiger partial charge in [-0.3, -0.25) is 9.59 Å². The molecule has 0 radical (unpaired) electrons. The number of aryl methyl sites for hydroxylation is 1. The Hall–Kier alpha value is -3.78. The Balaban J connectivity index is 1.60. The third-order valence-electron chi connectivity index (χ3n) is 5.44. The lowest BCUT2D eigenvalue weighted by atomic mass is 9.99. The molecule has 0 fully saturated rings. The molecule has 162 valence electrons. The van der Waals surface area contributed by atoms with Crippen LogP contribution in [-0.4, -0.2) is 28.8 Å². The van der Waals surface area contributed by atoms with E-state index in [2.05, 4.69) is 0 Å². The molecular formula is C24H19NO6S. The lowest BCUT2D eigenvalue weighted by Crippen LogP contribution is -2.30. The van der Waals surface area contributed by atoms with Gasteiger partial charge >= 0.3 is 0 Å². The number of rotatable bonds is 6. The molecule has 3 aromatic heterocycles. The summed E-state index contributed by atoms with van der Waals surface area (Å²) in [6.45, 7) is 2.01. The number of thiophene rings is 1. The number of Topliss-reactive ketones (excluding diaryl/α,β-unsaturated/α-hetero) is 1. The number of furan rings is 2. The molecule has 0 bridgehead atoms. The molecule has 1 aromatic carbocycles. The van der Waals surface area contributed by atoms with Gasteiger partial charge in [0.25, 0.3) is 5.91 Å². The summed E-state index contributed by atoms with van der Waals surface area (Å²) in [6, 6.07) is 13.3. The van der Waals surface area contributed by atoms with E-state index in [0.717, 1.165) is 4.88 Å². The number of carbonyl (C=O) groups excluding carboxylic acids is 2. The highest BCUT2D eigenvalue weighted by atomic mass is 32.1. The minimum atomic E-state index is -0.874. The van der Waals surface area contributed by atoms with Gasteiger partial charge in [0, 0.05) is 10.3 Å². The van der Waals surface area contributed by atoms with Gasteiger partial charge in [0.05, 0.1) is 19.2 Å². The Morgan fingerprint density at radius 2 is 2.03 bits per heavy atom. The topological polar surface area (TPSA) is 93.1 Å². The van der Waals surface area contributed by atoms with Gasteiger partial charge in [0.15, 0.2) is 22.9 Å². The maximum Gasteiger partial charge on any atom is 0.290 e. The van der Waals surface area contributed by atoms with Crippen molar-refractivity contribution in [2.45, 2.75) is 19.5 Å².